The van der Waals surface area contributed by atoms with Gasteiger partial charge in [-0.15, -0.1) is 0 Å². The Hall–Kier alpha value is -3.53. The molecule has 5 rings (SSSR count). The Morgan fingerprint density at radius 1 is 0.875 bits per heavy atom. The SMILES string of the molecule is COc1cc(C)ccc1C1=CN(c2ccc(-c3ccccc3C)cc2)C2=NCCCCN12. The molecule has 0 aliphatic carbocycles. The van der Waals surface area contributed by atoms with E-state index in [0.29, 0.717) is 0 Å². The van der Waals surface area contributed by atoms with Gasteiger partial charge >= 0.3 is 0 Å². The molecule has 2 aliphatic heterocycles. The van der Waals surface area contributed by atoms with Gasteiger partial charge in [-0.1, -0.05) is 42.5 Å². The first-order chi connectivity index (χ1) is 15.7. The van der Waals surface area contributed by atoms with Gasteiger partial charge in [-0.2, -0.15) is 0 Å². The topological polar surface area (TPSA) is 28.1 Å². The summed E-state index contributed by atoms with van der Waals surface area (Å²) >= 11 is 0. The van der Waals surface area contributed by atoms with Gasteiger partial charge in [-0.25, -0.2) is 0 Å². The Kier molecular flexibility index (Phi) is 5.44. The third-order valence-electron chi connectivity index (χ3n) is 6.28. The predicted molar refractivity (Wildman–Crippen MR) is 133 cm³/mol. The summed E-state index contributed by atoms with van der Waals surface area (Å²) in [6, 6.07) is 23.7. The maximum Gasteiger partial charge on any atom is 0.210 e. The molecule has 3 aromatic carbocycles. The Morgan fingerprint density at radius 2 is 1.69 bits per heavy atom. The number of ether oxygens (including phenoxy) is 1. The zero-order chi connectivity index (χ0) is 22.1. The van der Waals surface area contributed by atoms with Crippen molar-refractivity contribution in [2.75, 3.05) is 25.1 Å². The number of nitrogens with zero attached hydrogens (tertiary/aromatic N) is 3. The van der Waals surface area contributed by atoms with Crippen LogP contribution >= 0.6 is 0 Å². The first-order valence-electron chi connectivity index (χ1n) is 11.3. The molecule has 162 valence electrons. The van der Waals surface area contributed by atoms with Gasteiger partial charge in [0.15, 0.2) is 0 Å². The molecule has 0 atom stereocenters. The first-order valence-corrected chi connectivity index (χ1v) is 11.3. The fourth-order valence-electron chi connectivity index (χ4n) is 4.54. The van der Waals surface area contributed by atoms with Gasteiger partial charge < -0.3 is 9.64 Å². The molecule has 4 heteroatoms. The summed E-state index contributed by atoms with van der Waals surface area (Å²) in [5.74, 6) is 1.90. The highest BCUT2D eigenvalue weighted by Gasteiger charge is 2.32. The summed E-state index contributed by atoms with van der Waals surface area (Å²) in [6.45, 7) is 6.07. The number of fused-ring (bicyclic) bond motifs is 1. The number of guanidine groups is 1. The second-order valence-electron chi connectivity index (χ2n) is 8.49. The molecule has 0 saturated carbocycles. The van der Waals surface area contributed by atoms with E-state index in [1.807, 2.05) is 0 Å². The van der Waals surface area contributed by atoms with E-state index in [0.717, 1.165) is 54.6 Å². The molecule has 0 spiro atoms. The summed E-state index contributed by atoms with van der Waals surface area (Å²) in [6.07, 6.45) is 4.44. The zero-order valence-electron chi connectivity index (χ0n) is 19.0. The summed E-state index contributed by atoms with van der Waals surface area (Å²) in [7, 11) is 1.74. The van der Waals surface area contributed by atoms with E-state index in [9.17, 15) is 0 Å². The smallest absolute Gasteiger partial charge is 0.210 e. The van der Waals surface area contributed by atoms with Crippen molar-refractivity contribution in [3.8, 4) is 16.9 Å². The van der Waals surface area contributed by atoms with E-state index in [1.165, 1.54) is 22.3 Å². The van der Waals surface area contributed by atoms with Crippen LogP contribution in [0.25, 0.3) is 16.8 Å². The number of rotatable bonds is 4. The lowest BCUT2D eigenvalue weighted by Crippen LogP contribution is -2.34. The molecule has 2 aliphatic rings. The number of hydrogen-bond donors (Lipinski definition) is 0. The molecule has 0 amide bonds. The minimum Gasteiger partial charge on any atom is -0.496 e. The van der Waals surface area contributed by atoms with Crippen molar-refractivity contribution in [2.45, 2.75) is 26.7 Å². The first kappa shape index (κ1) is 20.4. The Bertz CT molecular complexity index is 1190. The molecular weight excluding hydrogens is 394 g/mol. The van der Waals surface area contributed by atoms with Crippen molar-refractivity contribution in [3.63, 3.8) is 0 Å². The molecular formula is C28H29N3O. The van der Waals surface area contributed by atoms with E-state index >= 15 is 0 Å². The van der Waals surface area contributed by atoms with Gasteiger partial charge in [0.25, 0.3) is 0 Å². The van der Waals surface area contributed by atoms with E-state index in [-0.39, 0.29) is 0 Å². The quantitative estimate of drug-likeness (QED) is 0.496. The van der Waals surface area contributed by atoms with Crippen LogP contribution in [0.15, 0.2) is 77.9 Å². The van der Waals surface area contributed by atoms with Gasteiger partial charge in [0.2, 0.25) is 5.96 Å². The van der Waals surface area contributed by atoms with Crippen molar-refractivity contribution in [3.05, 3.63) is 89.6 Å². The molecule has 0 unspecified atom stereocenters. The summed E-state index contributed by atoms with van der Waals surface area (Å²) in [5.41, 5.74) is 8.35. The van der Waals surface area contributed by atoms with Crippen LogP contribution in [0.4, 0.5) is 5.69 Å². The number of anilines is 1. The molecule has 0 saturated heterocycles. The fourth-order valence-corrected chi connectivity index (χ4v) is 4.54. The molecule has 0 aromatic heterocycles. The average molecular weight is 424 g/mol. The highest BCUT2D eigenvalue weighted by Crippen LogP contribution is 2.37. The lowest BCUT2D eigenvalue weighted by molar-refractivity contribution is 0.411. The van der Waals surface area contributed by atoms with Crippen molar-refractivity contribution in [1.82, 2.24) is 4.90 Å². The normalized spacial score (nSPS) is 15.7. The average Bonchev–Trinajstić information content (AvgIpc) is 3.00. The van der Waals surface area contributed by atoms with Crippen LogP contribution in [0.5, 0.6) is 5.75 Å². The number of methoxy groups -OCH3 is 1. The highest BCUT2D eigenvalue weighted by molar-refractivity contribution is 6.08. The highest BCUT2D eigenvalue weighted by atomic mass is 16.5. The number of aliphatic imine (C=N–C) groups is 1. The lowest BCUT2D eigenvalue weighted by Gasteiger charge is -2.25. The molecule has 0 N–H and O–H groups in total. The predicted octanol–water partition coefficient (Wildman–Crippen LogP) is 6.25. The molecule has 2 heterocycles. The van der Waals surface area contributed by atoms with Crippen LogP contribution in [0.1, 0.15) is 29.5 Å². The number of hydrogen-bond acceptors (Lipinski definition) is 4. The van der Waals surface area contributed by atoms with Crippen molar-refractivity contribution < 1.29 is 4.74 Å². The molecule has 3 aromatic rings. The van der Waals surface area contributed by atoms with Crippen molar-refractivity contribution in [1.29, 1.82) is 0 Å². The van der Waals surface area contributed by atoms with Crippen LogP contribution in [-0.2, 0) is 0 Å². The standard InChI is InChI=1S/C28H29N3O/c1-20-10-15-25(27(18-20)32-3)26-19-31(28-29-16-6-7-17-30(26)28)23-13-11-22(12-14-23)24-9-5-4-8-21(24)2/h4-5,8-15,18-19H,6-7,16-17H2,1-3H3. The van der Waals surface area contributed by atoms with Gasteiger partial charge in [0.05, 0.1) is 12.8 Å². The second kappa shape index (κ2) is 8.54. The largest absolute Gasteiger partial charge is 0.496 e. The monoisotopic (exact) mass is 423 g/mol. The van der Waals surface area contributed by atoms with Crippen LogP contribution in [0.2, 0.25) is 0 Å². The third-order valence-corrected chi connectivity index (χ3v) is 6.28. The maximum absolute atomic E-state index is 5.74. The minimum absolute atomic E-state index is 0.857. The third kappa shape index (κ3) is 3.66. The zero-order valence-corrected chi connectivity index (χ0v) is 19.0. The Labute approximate surface area is 190 Å². The second-order valence-corrected chi connectivity index (χ2v) is 8.49. The molecule has 32 heavy (non-hydrogen) atoms. The lowest BCUT2D eigenvalue weighted by atomic mass is 10.0. The minimum atomic E-state index is 0.857. The van der Waals surface area contributed by atoms with E-state index < -0.39 is 0 Å². The fraction of sp³-hybridized carbons (Fsp3) is 0.250. The number of benzene rings is 3. The van der Waals surface area contributed by atoms with Crippen molar-refractivity contribution in [2.24, 2.45) is 4.99 Å². The summed E-state index contributed by atoms with van der Waals surface area (Å²) < 4.78 is 5.74. The molecule has 0 bridgehead atoms. The van der Waals surface area contributed by atoms with Crippen LogP contribution in [-0.4, -0.2) is 31.1 Å². The van der Waals surface area contributed by atoms with Crippen LogP contribution < -0.4 is 9.64 Å². The molecule has 4 nitrogen and oxygen atoms in total. The van der Waals surface area contributed by atoms with Gasteiger partial charge in [0, 0.05) is 30.5 Å². The maximum atomic E-state index is 5.74. The summed E-state index contributed by atoms with van der Waals surface area (Å²) in [4.78, 5) is 9.53. The van der Waals surface area contributed by atoms with E-state index in [4.69, 9.17) is 9.73 Å². The van der Waals surface area contributed by atoms with E-state index in [1.54, 1.807) is 7.11 Å². The molecule has 0 radical (unpaired) electrons. The van der Waals surface area contributed by atoms with Crippen molar-refractivity contribution >= 4 is 17.3 Å². The molecule has 0 fully saturated rings. The van der Waals surface area contributed by atoms with Gasteiger partial charge in [0.1, 0.15) is 5.75 Å². The summed E-state index contributed by atoms with van der Waals surface area (Å²) in [5, 5.41) is 0. The van der Waals surface area contributed by atoms with Gasteiger partial charge in [-0.05, 0) is 73.2 Å². The Morgan fingerprint density at radius 3 is 2.47 bits per heavy atom. The van der Waals surface area contributed by atoms with Gasteiger partial charge in [-0.3, -0.25) is 9.89 Å². The number of aryl methyl sites for hydroxylation is 2. The Balaban J connectivity index is 1.55. The van der Waals surface area contributed by atoms with E-state index in [2.05, 4.69) is 96.6 Å². The van der Waals surface area contributed by atoms with Crippen LogP contribution in [0, 0.1) is 13.8 Å². The van der Waals surface area contributed by atoms with Crippen LogP contribution in [0.3, 0.4) is 0 Å².